The molecule has 0 saturated carbocycles. The Labute approximate surface area is 157 Å². The summed E-state index contributed by atoms with van der Waals surface area (Å²) in [6.45, 7) is 2.24. The number of carbonyl (C=O) groups is 1. The van der Waals surface area contributed by atoms with Crippen molar-refractivity contribution in [3.05, 3.63) is 42.9 Å². The molecule has 8 heteroatoms. The Morgan fingerprint density at radius 3 is 2.85 bits per heavy atom. The average Bonchev–Trinajstić information content (AvgIpc) is 3.14. The number of anilines is 1. The van der Waals surface area contributed by atoms with Gasteiger partial charge in [-0.2, -0.15) is 4.98 Å². The van der Waals surface area contributed by atoms with Crippen LogP contribution in [0.4, 0.5) is 5.95 Å². The number of likely N-dealkylation sites (tertiary alicyclic amines) is 1. The molecular weight excluding hydrogens is 342 g/mol. The second kappa shape index (κ2) is 7.71. The summed E-state index contributed by atoms with van der Waals surface area (Å²) in [6, 6.07) is 8.13. The summed E-state index contributed by atoms with van der Waals surface area (Å²) in [5.74, 6) is 1.50. The predicted molar refractivity (Wildman–Crippen MR) is 104 cm³/mol. The van der Waals surface area contributed by atoms with Gasteiger partial charge in [0.2, 0.25) is 11.9 Å². The second-order valence-electron chi connectivity index (χ2n) is 6.70. The highest BCUT2D eigenvalue weighted by Crippen LogP contribution is 2.19. The minimum Gasteiger partial charge on any atom is -0.358 e. The van der Waals surface area contributed by atoms with E-state index in [1.807, 2.05) is 35.0 Å². The van der Waals surface area contributed by atoms with Gasteiger partial charge in [0.15, 0.2) is 0 Å². The number of nitrogens with one attached hydrogen (secondary N) is 2. The third-order valence-corrected chi connectivity index (χ3v) is 4.91. The number of pyridine rings is 1. The van der Waals surface area contributed by atoms with Crippen molar-refractivity contribution in [2.24, 2.45) is 0 Å². The molecule has 0 spiro atoms. The number of aromatic nitrogens is 4. The van der Waals surface area contributed by atoms with Crippen LogP contribution in [0, 0.1) is 0 Å². The molecule has 0 aromatic carbocycles. The maximum Gasteiger partial charge on any atom is 0.233 e. The highest BCUT2D eigenvalue weighted by Gasteiger charge is 2.21. The van der Waals surface area contributed by atoms with Gasteiger partial charge in [0, 0.05) is 44.8 Å². The van der Waals surface area contributed by atoms with E-state index in [0.717, 1.165) is 42.8 Å². The summed E-state index contributed by atoms with van der Waals surface area (Å²) >= 11 is 0. The third-order valence-electron chi connectivity index (χ3n) is 4.91. The van der Waals surface area contributed by atoms with Crippen molar-refractivity contribution in [3.8, 4) is 5.82 Å². The van der Waals surface area contributed by atoms with Crippen LogP contribution in [-0.4, -0.2) is 63.0 Å². The molecule has 8 nitrogen and oxygen atoms in total. The molecule has 0 aliphatic carbocycles. The van der Waals surface area contributed by atoms with E-state index in [0.29, 0.717) is 18.5 Å². The van der Waals surface area contributed by atoms with E-state index in [-0.39, 0.29) is 5.91 Å². The molecule has 27 heavy (non-hydrogen) atoms. The summed E-state index contributed by atoms with van der Waals surface area (Å²) in [4.78, 5) is 27.1. The highest BCUT2D eigenvalue weighted by molar-refractivity contribution is 5.78. The average molecular weight is 365 g/mol. The lowest BCUT2D eigenvalue weighted by atomic mass is 10.1. The highest BCUT2D eigenvalue weighted by atomic mass is 16.1. The van der Waals surface area contributed by atoms with Crippen molar-refractivity contribution in [2.75, 3.05) is 32.0 Å². The van der Waals surface area contributed by atoms with Gasteiger partial charge in [-0.05, 0) is 37.1 Å². The Hall–Kier alpha value is -3.00. The van der Waals surface area contributed by atoms with E-state index in [4.69, 9.17) is 0 Å². The van der Waals surface area contributed by atoms with Crippen molar-refractivity contribution in [1.82, 2.24) is 29.7 Å². The molecule has 1 aliphatic rings. The number of carbonyl (C=O) groups excluding carboxylic acids is 1. The van der Waals surface area contributed by atoms with Gasteiger partial charge in [-0.1, -0.05) is 0 Å². The SMILES string of the molecule is CNC(=O)CN1CCC(Nc2nccc(-n3ccc4ncccc43)n2)CC1. The number of fused-ring (bicyclic) bond motifs is 1. The maximum absolute atomic E-state index is 11.5. The lowest BCUT2D eigenvalue weighted by molar-refractivity contribution is -0.122. The van der Waals surface area contributed by atoms with Gasteiger partial charge < -0.3 is 10.6 Å². The fourth-order valence-corrected chi connectivity index (χ4v) is 3.42. The smallest absolute Gasteiger partial charge is 0.233 e. The van der Waals surface area contributed by atoms with Crippen LogP contribution in [0.2, 0.25) is 0 Å². The maximum atomic E-state index is 11.5. The third kappa shape index (κ3) is 3.90. The quantitative estimate of drug-likeness (QED) is 0.711. The van der Waals surface area contributed by atoms with Crippen LogP contribution < -0.4 is 10.6 Å². The summed E-state index contributed by atoms with van der Waals surface area (Å²) in [5.41, 5.74) is 1.96. The summed E-state index contributed by atoms with van der Waals surface area (Å²) in [6.07, 6.45) is 7.45. The minimum absolute atomic E-state index is 0.0610. The Bertz CT molecular complexity index is 930. The largest absolute Gasteiger partial charge is 0.358 e. The number of rotatable bonds is 5. The molecule has 2 N–H and O–H groups in total. The van der Waals surface area contributed by atoms with Crippen LogP contribution in [-0.2, 0) is 4.79 Å². The molecule has 4 rings (SSSR count). The standard InChI is InChI=1S/C19H23N7O/c1-20-18(27)13-25-10-5-14(6-11-25)23-19-22-9-4-17(24-19)26-12-7-15-16(26)3-2-8-21-15/h2-4,7-9,12,14H,5-6,10-11,13H2,1H3,(H,20,27)(H,22,23,24). The van der Waals surface area contributed by atoms with E-state index in [2.05, 4.69) is 30.5 Å². The van der Waals surface area contributed by atoms with E-state index in [9.17, 15) is 4.79 Å². The number of amides is 1. The van der Waals surface area contributed by atoms with Gasteiger partial charge in [0.25, 0.3) is 0 Å². The monoisotopic (exact) mass is 365 g/mol. The number of hydrogen-bond acceptors (Lipinski definition) is 6. The molecule has 4 heterocycles. The lowest BCUT2D eigenvalue weighted by Crippen LogP contribution is -2.43. The van der Waals surface area contributed by atoms with Crippen molar-refractivity contribution < 1.29 is 4.79 Å². The van der Waals surface area contributed by atoms with Crippen LogP contribution in [0.3, 0.4) is 0 Å². The molecule has 140 valence electrons. The van der Waals surface area contributed by atoms with Crippen LogP contribution in [0.5, 0.6) is 0 Å². The normalized spacial score (nSPS) is 15.7. The van der Waals surface area contributed by atoms with Gasteiger partial charge in [-0.15, -0.1) is 0 Å². The second-order valence-corrected chi connectivity index (χ2v) is 6.70. The van der Waals surface area contributed by atoms with Crippen LogP contribution in [0.1, 0.15) is 12.8 Å². The first-order valence-corrected chi connectivity index (χ1v) is 9.18. The molecule has 0 atom stereocenters. The van der Waals surface area contributed by atoms with Crippen molar-refractivity contribution in [1.29, 1.82) is 0 Å². The molecule has 1 aliphatic heterocycles. The Balaban J connectivity index is 1.43. The first-order valence-electron chi connectivity index (χ1n) is 9.18. The molecule has 0 bridgehead atoms. The Kier molecular flexibility index (Phi) is 4.97. The van der Waals surface area contributed by atoms with Crippen molar-refractivity contribution in [2.45, 2.75) is 18.9 Å². The van der Waals surface area contributed by atoms with Gasteiger partial charge in [0.1, 0.15) is 5.82 Å². The van der Waals surface area contributed by atoms with Crippen molar-refractivity contribution >= 4 is 22.9 Å². The molecule has 1 saturated heterocycles. The van der Waals surface area contributed by atoms with E-state index in [1.165, 1.54) is 0 Å². The minimum atomic E-state index is 0.0610. The molecule has 0 unspecified atom stereocenters. The molecule has 0 radical (unpaired) electrons. The predicted octanol–water partition coefficient (Wildman–Crippen LogP) is 1.44. The van der Waals surface area contributed by atoms with E-state index in [1.54, 1.807) is 19.4 Å². The molecule has 3 aromatic rings. The first kappa shape index (κ1) is 17.4. The fourth-order valence-electron chi connectivity index (χ4n) is 3.42. The van der Waals surface area contributed by atoms with Crippen LogP contribution in [0.25, 0.3) is 16.9 Å². The molecular formula is C19H23N7O. The Morgan fingerprint density at radius 2 is 2.04 bits per heavy atom. The fraction of sp³-hybridized carbons (Fsp3) is 0.368. The van der Waals surface area contributed by atoms with Crippen LogP contribution in [0.15, 0.2) is 42.9 Å². The van der Waals surface area contributed by atoms with E-state index >= 15 is 0 Å². The van der Waals surface area contributed by atoms with Gasteiger partial charge in [0.05, 0.1) is 17.6 Å². The first-order chi connectivity index (χ1) is 13.2. The Morgan fingerprint density at radius 1 is 1.19 bits per heavy atom. The van der Waals surface area contributed by atoms with Gasteiger partial charge in [-0.3, -0.25) is 19.2 Å². The number of piperidine rings is 1. The van der Waals surface area contributed by atoms with Crippen molar-refractivity contribution in [3.63, 3.8) is 0 Å². The molecule has 1 amide bonds. The molecule has 3 aromatic heterocycles. The summed E-state index contributed by atoms with van der Waals surface area (Å²) in [5, 5.41) is 6.11. The summed E-state index contributed by atoms with van der Waals surface area (Å²) < 4.78 is 2.02. The number of nitrogens with zero attached hydrogens (tertiary/aromatic N) is 5. The van der Waals surface area contributed by atoms with Gasteiger partial charge >= 0.3 is 0 Å². The topological polar surface area (TPSA) is 88.0 Å². The number of likely N-dealkylation sites (N-methyl/N-ethyl adjacent to an activating group) is 1. The van der Waals surface area contributed by atoms with Gasteiger partial charge in [-0.25, -0.2) is 4.98 Å². The zero-order valence-corrected chi connectivity index (χ0v) is 15.3. The molecule has 1 fully saturated rings. The zero-order chi connectivity index (χ0) is 18.6. The number of hydrogen-bond donors (Lipinski definition) is 2. The summed E-state index contributed by atoms with van der Waals surface area (Å²) in [7, 11) is 1.67. The zero-order valence-electron chi connectivity index (χ0n) is 15.3. The van der Waals surface area contributed by atoms with Crippen LogP contribution >= 0.6 is 0 Å². The van der Waals surface area contributed by atoms with E-state index < -0.39 is 0 Å². The lowest BCUT2D eigenvalue weighted by Gasteiger charge is -2.31.